The minimum atomic E-state index is 0.265. The highest BCUT2D eigenvalue weighted by atomic mass is 16.5. The zero-order chi connectivity index (χ0) is 20.6. The van der Waals surface area contributed by atoms with Crippen LogP contribution in [0.5, 0.6) is 17.2 Å². The third-order valence-electron chi connectivity index (χ3n) is 4.68. The van der Waals surface area contributed by atoms with Crippen molar-refractivity contribution >= 4 is 0 Å². The van der Waals surface area contributed by atoms with E-state index in [2.05, 4.69) is 11.4 Å². The van der Waals surface area contributed by atoms with Crippen molar-refractivity contribution < 1.29 is 14.2 Å². The van der Waals surface area contributed by atoms with Crippen LogP contribution in [0.1, 0.15) is 16.7 Å². The van der Waals surface area contributed by atoms with E-state index in [0.29, 0.717) is 29.4 Å². The molecule has 0 unspecified atom stereocenters. The van der Waals surface area contributed by atoms with Crippen LogP contribution in [0.3, 0.4) is 0 Å². The largest absolute Gasteiger partial charge is 0.496 e. The summed E-state index contributed by atoms with van der Waals surface area (Å²) in [5.41, 5.74) is 4.27. The van der Waals surface area contributed by atoms with Crippen LogP contribution < -0.4 is 19.5 Å². The van der Waals surface area contributed by atoms with Gasteiger partial charge in [0.1, 0.15) is 29.9 Å². The average molecular weight is 388 g/mol. The molecule has 0 amide bonds. The van der Waals surface area contributed by atoms with Gasteiger partial charge >= 0.3 is 0 Å². The maximum atomic E-state index is 9.77. The second kappa shape index (κ2) is 9.63. The molecular formula is C24H24N2O3. The lowest BCUT2D eigenvalue weighted by Crippen LogP contribution is -2.09. The number of benzene rings is 3. The second-order valence-electron chi connectivity index (χ2n) is 6.44. The lowest BCUT2D eigenvalue weighted by atomic mass is 9.96. The Balaban J connectivity index is 1.90. The summed E-state index contributed by atoms with van der Waals surface area (Å²) in [4.78, 5) is 0. The lowest BCUT2D eigenvalue weighted by Gasteiger charge is -2.16. The maximum absolute atomic E-state index is 9.77. The first-order chi connectivity index (χ1) is 14.2. The minimum Gasteiger partial charge on any atom is -0.496 e. The molecule has 0 heterocycles. The van der Waals surface area contributed by atoms with Crippen LogP contribution in [0.25, 0.3) is 11.1 Å². The van der Waals surface area contributed by atoms with Crippen LogP contribution in [0.4, 0.5) is 0 Å². The number of nitrogens with one attached hydrogen (secondary N) is 1. The predicted molar refractivity (Wildman–Crippen MR) is 113 cm³/mol. The van der Waals surface area contributed by atoms with Crippen molar-refractivity contribution in [2.75, 3.05) is 21.3 Å². The van der Waals surface area contributed by atoms with Gasteiger partial charge in [-0.25, -0.2) is 0 Å². The Morgan fingerprint density at radius 2 is 1.62 bits per heavy atom. The van der Waals surface area contributed by atoms with Gasteiger partial charge in [-0.05, 0) is 18.2 Å². The number of hydrogen-bond acceptors (Lipinski definition) is 5. The van der Waals surface area contributed by atoms with E-state index in [0.717, 1.165) is 22.3 Å². The zero-order valence-corrected chi connectivity index (χ0v) is 16.9. The molecule has 0 aromatic heterocycles. The first-order valence-corrected chi connectivity index (χ1v) is 9.31. The highest BCUT2D eigenvalue weighted by Gasteiger charge is 2.14. The summed E-state index contributed by atoms with van der Waals surface area (Å²) in [7, 11) is 5.11. The molecule has 3 aromatic rings. The second-order valence-corrected chi connectivity index (χ2v) is 6.44. The molecule has 0 radical (unpaired) electrons. The third-order valence-corrected chi connectivity index (χ3v) is 4.68. The van der Waals surface area contributed by atoms with E-state index in [-0.39, 0.29) is 6.61 Å². The van der Waals surface area contributed by atoms with E-state index in [1.165, 1.54) is 0 Å². The van der Waals surface area contributed by atoms with Crippen molar-refractivity contribution in [3.63, 3.8) is 0 Å². The molecule has 148 valence electrons. The Bertz CT molecular complexity index is 985. The molecule has 0 spiro atoms. The molecule has 0 saturated heterocycles. The molecule has 0 aliphatic heterocycles. The fourth-order valence-electron chi connectivity index (χ4n) is 3.27. The predicted octanol–water partition coefficient (Wildman–Crippen LogP) is 4.54. The summed E-state index contributed by atoms with van der Waals surface area (Å²) in [6, 6.07) is 21.7. The van der Waals surface area contributed by atoms with Crippen LogP contribution in [0.2, 0.25) is 0 Å². The van der Waals surface area contributed by atoms with Crippen molar-refractivity contribution in [3.8, 4) is 34.4 Å². The van der Waals surface area contributed by atoms with Crippen LogP contribution in [-0.4, -0.2) is 21.3 Å². The summed E-state index contributed by atoms with van der Waals surface area (Å²) >= 11 is 0. The summed E-state index contributed by atoms with van der Waals surface area (Å²) in [6.45, 7) is 0.881. The van der Waals surface area contributed by atoms with Crippen molar-refractivity contribution in [3.05, 3.63) is 77.4 Å². The van der Waals surface area contributed by atoms with Crippen molar-refractivity contribution in [1.82, 2.24) is 5.32 Å². The van der Waals surface area contributed by atoms with Gasteiger partial charge in [0.15, 0.2) is 0 Å². The number of ether oxygens (including phenoxy) is 3. The SMILES string of the molecule is CNCc1c(OC)cc(OCc2cccc(-c3ccccc3)c2C#N)cc1OC. The van der Waals surface area contributed by atoms with Crippen LogP contribution in [0, 0.1) is 11.3 Å². The van der Waals surface area contributed by atoms with Gasteiger partial charge in [0, 0.05) is 24.2 Å². The number of nitrogens with zero attached hydrogens (tertiary/aromatic N) is 1. The lowest BCUT2D eigenvalue weighted by molar-refractivity contribution is 0.299. The molecule has 0 fully saturated rings. The number of methoxy groups -OCH3 is 2. The normalized spacial score (nSPS) is 10.3. The van der Waals surface area contributed by atoms with Crippen LogP contribution >= 0.6 is 0 Å². The van der Waals surface area contributed by atoms with E-state index in [1.807, 2.05) is 67.7 Å². The summed E-state index contributed by atoms with van der Waals surface area (Å²) in [5, 5.41) is 12.9. The first kappa shape index (κ1) is 20.2. The van der Waals surface area contributed by atoms with Crippen LogP contribution in [0.15, 0.2) is 60.7 Å². The summed E-state index contributed by atoms with van der Waals surface area (Å²) in [5.74, 6) is 1.99. The molecule has 3 rings (SSSR count). The van der Waals surface area contributed by atoms with Gasteiger partial charge in [-0.2, -0.15) is 5.26 Å². The molecule has 0 aliphatic carbocycles. The fourth-order valence-corrected chi connectivity index (χ4v) is 3.27. The van der Waals surface area contributed by atoms with Gasteiger partial charge < -0.3 is 19.5 Å². The van der Waals surface area contributed by atoms with Crippen molar-refractivity contribution in [1.29, 1.82) is 5.26 Å². The smallest absolute Gasteiger partial charge is 0.130 e. The zero-order valence-electron chi connectivity index (χ0n) is 16.9. The highest BCUT2D eigenvalue weighted by Crippen LogP contribution is 2.35. The van der Waals surface area contributed by atoms with E-state index < -0.39 is 0 Å². The van der Waals surface area contributed by atoms with E-state index >= 15 is 0 Å². The van der Waals surface area contributed by atoms with Crippen molar-refractivity contribution in [2.24, 2.45) is 0 Å². The Morgan fingerprint density at radius 3 is 2.21 bits per heavy atom. The molecule has 1 N–H and O–H groups in total. The molecule has 0 saturated carbocycles. The first-order valence-electron chi connectivity index (χ1n) is 9.31. The maximum Gasteiger partial charge on any atom is 0.130 e. The number of nitriles is 1. The van der Waals surface area contributed by atoms with Gasteiger partial charge in [0.05, 0.1) is 25.3 Å². The van der Waals surface area contributed by atoms with E-state index in [9.17, 15) is 5.26 Å². The molecule has 0 bridgehead atoms. The summed E-state index contributed by atoms with van der Waals surface area (Å²) in [6.07, 6.45) is 0. The quantitative estimate of drug-likeness (QED) is 0.614. The van der Waals surface area contributed by atoms with Gasteiger partial charge in [-0.3, -0.25) is 0 Å². The Morgan fingerprint density at radius 1 is 0.931 bits per heavy atom. The molecule has 5 heteroatoms. The highest BCUT2D eigenvalue weighted by molar-refractivity contribution is 5.72. The van der Waals surface area contributed by atoms with Gasteiger partial charge in [0.2, 0.25) is 0 Å². The van der Waals surface area contributed by atoms with Gasteiger partial charge in [-0.15, -0.1) is 0 Å². The average Bonchev–Trinajstić information content (AvgIpc) is 2.78. The molecule has 0 atom stereocenters. The van der Waals surface area contributed by atoms with Crippen molar-refractivity contribution in [2.45, 2.75) is 13.2 Å². The Kier molecular flexibility index (Phi) is 6.72. The van der Waals surface area contributed by atoms with Crippen LogP contribution in [-0.2, 0) is 13.2 Å². The monoisotopic (exact) mass is 388 g/mol. The van der Waals surface area contributed by atoms with E-state index in [4.69, 9.17) is 14.2 Å². The minimum absolute atomic E-state index is 0.265. The molecular weight excluding hydrogens is 364 g/mol. The molecule has 0 aliphatic rings. The van der Waals surface area contributed by atoms with E-state index in [1.54, 1.807) is 14.2 Å². The molecule has 5 nitrogen and oxygen atoms in total. The standard InChI is InChI=1S/C24H24N2O3/c1-26-15-22-23(27-2)12-19(13-24(22)28-3)29-16-18-10-7-11-20(21(18)14-25)17-8-5-4-6-9-17/h4-13,26H,15-16H2,1-3H3. The number of rotatable bonds is 8. The Labute approximate surface area is 171 Å². The van der Waals surface area contributed by atoms with Gasteiger partial charge in [0.25, 0.3) is 0 Å². The topological polar surface area (TPSA) is 63.5 Å². The fraction of sp³-hybridized carbons (Fsp3) is 0.208. The third kappa shape index (κ3) is 4.50. The molecule has 29 heavy (non-hydrogen) atoms. The van der Waals surface area contributed by atoms with Gasteiger partial charge in [-0.1, -0.05) is 48.5 Å². The number of hydrogen-bond donors (Lipinski definition) is 1. The Hall–Kier alpha value is -3.49. The molecule has 3 aromatic carbocycles. The summed E-state index contributed by atoms with van der Waals surface area (Å²) < 4.78 is 17.0.